The Labute approximate surface area is 88.5 Å². The van der Waals surface area contributed by atoms with Gasteiger partial charge in [-0.15, -0.1) is 0 Å². The zero-order valence-corrected chi connectivity index (χ0v) is 8.64. The van der Waals surface area contributed by atoms with Crippen LogP contribution in [0.1, 0.15) is 15.9 Å². The molecule has 0 heterocycles. The monoisotopic (exact) mass is 256 g/mol. The third-order valence-electron chi connectivity index (χ3n) is 1.68. The summed E-state index contributed by atoms with van der Waals surface area (Å²) in [5.74, 6) is -1.04. The number of nitrogen functional groups attached to an aromatic ring is 1. The first-order valence-corrected chi connectivity index (χ1v) is 4.80. The molecule has 0 aromatic heterocycles. The van der Waals surface area contributed by atoms with Crippen LogP contribution in [-0.2, 0) is 0 Å². The van der Waals surface area contributed by atoms with Crippen LogP contribution >= 0.6 is 15.9 Å². The predicted octanol–water partition coefficient (Wildman–Crippen LogP) is 1.86. The lowest BCUT2D eigenvalue weighted by molar-refractivity contribution is 0.102. The number of nitrogens with two attached hydrogens (primary N) is 1. The molecule has 0 aliphatic heterocycles. The summed E-state index contributed by atoms with van der Waals surface area (Å²) >= 11 is 2.95. The van der Waals surface area contributed by atoms with Gasteiger partial charge in [-0.3, -0.25) is 4.79 Å². The van der Waals surface area contributed by atoms with Gasteiger partial charge in [0.25, 0.3) is 0 Å². The van der Waals surface area contributed by atoms with E-state index in [-0.39, 0.29) is 27.9 Å². The van der Waals surface area contributed by atoms with Crippen molar-refractivity contribution in [2.45, 2.75) is 0 Å². The molecule has 1 rings (SSSR count). The SMILES string of the molecule is N#Cc1cc(N)c(C(=O)CBr)cc1F. The van der Waals surface area contributed by atoms with Crippen LogP contribution < -0.4 is 5.73 Å². The highest BCUT2D eigenvalue weighted by atomic mass is 79.9. The summed E-state index contributed by atoms with van der Waals surface area (Å²) < 4.78 is 13.1. The summed E-state index contributed by atoms with van der Waals surface area (Å²) in [6, 6.07) is 3.78. The van der Waals surface area contributed by atoms with Gasteiger partial charge >= 0.3 is 0 Å². The molecule has 0 saturated carbocycles. The Kier molecular flexibility index (Phi) is 3.20. The Bertz CT molecular complexity index is 426. The molecule has 2 N–H and O–H groups in total. The van der Waals surface area contributed by atoms with Crippen LogP contribution in [0.4, 0.5) is 10.1 Å². The first-order valence-electron chi connectivity index (χ1n) is 3.68. The molecule has 72 valence electrons. The van der Waals surface area contributed by atoms with E-state index in [0.717, 1.165) is 12.1 Å². The van der Waals surface area contributed by atoms with E-state index in [9.17, 15) is 9.18 Å². The number of benzene rings is 1. The molecule has 0 aliphatic carbocycles. The van der Waals surface area contributed by atoms with Gasteiger partial charge in [-0.25, -0.2) is 4.39 Å². The zero-order valence-electron chi connectivity index (χ0n) is 7.05. The largest absolute Gasteiger partial charge is 0.398 e. The average molecular weight is 257 g/mol. The molecule has 3 nitrogen and oxygen atoms in total. The van der Waals surface area contributed by atoms with Gasteiger partial charge in [0.2, 0.25) is 0 Å². The number of carbonyl (C=O) groups excluding carboxylic acids is 1. The summed E-state index contributed by atoms with van der Waals surface area (Å²) in [4.78, 5) is 11.2. The second-order valence-electron chi connectivity index (χ2n) is 2.59. The Morgan fingerprint density at radius 2 is 2.29 bits per heavy atom. The van der Waals surface area contributed by atoms with E-state index < -0.39 is 5.82 Å². The van der Waals surface area contributed by atoms with Crippen LogP contribution in [0.15, 0.2) is 12.1 Å². The van der Waals surface area contributed by atoms with Gasteiger partial charge in [0.1, 0.15) is 11.9 Å². The van der Waals surface area contributed by atoms with E-state index in [1.54, 1.807) is 6.07 Å². The van der Waals surface area contributed by atoms with Crippen molar-refractivity contribution in [3.63, 3.8) is 0 Å². The normalized spacial score (nSPS) is 9.50. The second-order valence-corrected chi connectivity index (χ2v) is 3.15. The fraction of sp³-hybridized carbons (Fsp3) is 0.111. The van der Waals surface area contributed by atoms with E-state index in [1.807, 2.05) is 0 Å². The topological polar surface area (TPSA) is 66.9 Å². The Balaban J connectivity index is 3.30. The highest BCUT2D eigenvalue weighted by molar-refractivity contribution is 9.09. The number of carbonyl (C=O) groups is 1. The number of alkyl halides is 1. The molecule has 0 spiro atoms. The molecular formula is C9H6BrFN2O. The molecule has 0 fully saturated rings. The fourth-order valence-electron chi connectivity index (χ4n) is 0.989. The summed E-state index contributed by atoms with van der Waals surface area (Å²) in [6.07, 6.45) is 0. The lowest BCUT2D eigenvalue weighted by Gasteiger charge is -2.03. The van der Waals surface area contributed by atoms with Crippen LogP contribution in [-0.4, -0.2) is 11.1 Å². The van der Waals surface area contributed by atoms with Gasteiger partial charge in [0.15, 0.2) is 5.78 Å². The molecule has 0 atom stereocenters. The van der Waals surface area contributed by atoms with Crippen LogP contribution in [0.25, 0.3) is 0 Å². The molecular weight excluding hydrogens is 251 g/mol. The fourth-order valence-corrected chi connectivity index (χ4v) is 1.29. The molecule has 0 amide bonds. The third-order valence-corrected chi connectivity index (χ3v) is 2.19. The van der Waals surface area contributed by atoms with Crippen molar-refractivity contribution in [3.8, 4) is 6.07 Å². The number of Topliss-reactive ketones (excluding diaryl/α,β-unsaturated/α-hetero) is 1. The number of ketones is 1. The van der Waals surface area contributed by atoms with E-state index in [4.69, 9.17) is 11.0 Å². The summed E-state index contributed by atoms with van der Waals surface area (Å²) in [6.45, 7) is 0. The Hall–Kier alpha value is -1.41. The molecule has 0 saturated heterocycles. The summed E-state index contributed by atoms with van der Waals surface area (Å²) in [5, 5.41) is 8.56. The van der Waals surface area contributed by atoms with Crippen molar-refractivity contribution in [2.24, 2.45) is 0 Å². The Morgan fingerprint density at radius 1 is 1.64 bits per heavy atom. The van der Waals surface area contributed by atoms with Crippen LogP contribution in [0.3, 0.4) is 0 Å². The number of nitriles is 1. The first kappa shape index (κ1) is 10.7. The molecule has 1 aromatic carbocycles. The molecule has 5 heteroatoms. The molecule has 0 radical (unpaired) electrons. The molecule has 0 bridgehead atoms. The van der Waals surface area contributed by atoms with E-state index >= 15 is 0 Å². The number of rotatable bonds is 2. The van der Waals surface area contributed by atoms with Crippen LogP contribution in [0, 0.1) is 17.1 Å². The van der Waals surface area contributed by atoms with Gasteiger partial charge < -0.3 is 5.73 Å². The minimum Gasteiger partial charge on any atom is -0.398 e. The minimum absolute atomic E-state index is 0.0720. The quantitative estimate of drug-likeness (QED) is 0.499. The second kappa shape index (κ2) is 4.20. The lowest BCUT2D eigenvalue weighted by Crippen LogP contribution is -2.06. The standard InChI is InChI=1S/C9H6BrFN2O/c10-3-9(14)6-2-7(11)5(4-12)1-8(6)13/h1-2H,3,13H2. The van der Waals surface area contributed by atoms with Gasteiger partial charge in [0, 0.05) is 11.3 Å². The number of hydrogen-bond donors (Lipinski definition) is 1. The van der Waals surface area contributed by atoms with Gasteiger partial charge in [-0.2, -0.15) is 5.26 Å². The van der Waals surface area contributed by atoms with Gasteiger partial charge in [0.05, 0.1) is 10.9 Å². The van der Waals surface area contributed by atoms with Crippen molar-refractivity contribution in [3.05, 3.63) is 29.1 Å². The molecule has 14 heavy (non-hydrogen) atoms. The van der Waals surface area contributed by atoms with Crippen molar-refractivity contribution in [1.82, 2.24) is 0 Å². The zero-order chi connectivity index (χ0) is 10.7. The van der Waals surface area contributed by atoms with Crippen molar-refractivity contribution >= 4 is 27.4 Å². The Morgan fingerprint density at radius 3 is 2.79 bits per heavy atom. The van der Waals surface area contributed by atoms with Gasteiger partial charge in [-0.05, 0) is 12.1 Å². The lowest BCUT2D eigenvalue weighted by atomic mass is 10.1. The average Bonchev–Trinajstić information content (AvgIpc) is 2.19. The summed E-state index contributed by atoms with van der Waals surface area (Å²) in [7, 11) is 0. The molecule has 1 aromatic rings. The predicted molar refractivity (Wildman–Crippen MR) is 53.7 cm³/mol. The molecule has 0 unspecified atom stereocenters. The van der Waals surface area contributed by atoms with E-state index in [1.165, 1.54) is 0 Å². The minimum atomic E-state index is -0.731. The van der Waals surface area contributed by atoms with Crippen molar-refractivity contribution in [2.75, 3.05) is 11.1 Å². The van der Waals surface area contributed by atoms with Crippen molar-refractivity contribution < 1.29 is 9.18 Å². The van der Waals surface area contributed by atoms with Crippen molar-refractivity contribution in [1.29, 1.82) is 5.26 Å². The van der Waals surface area contributed by atoms with E-state index in [2.05, 4.69) is 15.9 Å². The maximum atomic E-state index is 13.1. The number of halogens is 2. The number of nitrogens with zero attached hydrogens (tertiary/aromatic N) is 1. The number of anilines is 1. The highest BCUT2D eigenvalue weighted by Crippen LogP contribution is 2.18. The maximum absolute atomic E-state index is 13.1. The third kappa shape index (κ3) is 1.91. The molecule has 0 aliphatic rings. The first-order chi connectivity index (χ1) is 6.60. The summed E-state index contributed by atoms with van der Waals surface area (Å²) in [5.41, 5.74) is 5.54. The van der Waals surface area contributed by atoms with Gasteiger partial charge in [-0.1, -0.05) is 15.9 Å². The number of hydrogen-bond acceptors (Lipinski definition) is 3. The smallest absolute Gasteiger partial charge is 0.175 e. The van der Waals surface area contributed by atoms with Crippen LogP contribution in [0.5, 0.6) is 0 Å². The van der Waals surface area contributed by atoms with E-state index in [0.29, 0.717) is 0 Å². The van der Waals surface area contributed by atoms with Crippen LogP contribution in [0.2, 0.25) is 0 Å². The maximum Gasteiger partial charge on any atom is 0.175 e. The highest BCUT2D eigenvalue weighted by Gasteiger charge is 2.12.